The zero-order valence-electron chi connectivity index (χ0n) is 16.6. The minimum absolute atomic E-state index is 0.516. The van der Waals surface area contributed by atoms with Crippen molar-refractivity contribution in [2.75, 3.05) is 18.9 Å². The van der Waals surface area contributed by atoms with Gasteiger partial charge in [0, 0.05) is 41.9 Å². The van der Waals surface area contributed by atoms with E-state index in [0.29, 0.717) is 23.1 Å². The summed E-state index contributed by atoms with van der Waals surface area (Å²) in [7, 11) is 2.22. The highest BCUT2D eigenvalue weighted by molar-refractivity contribution is 5.72. The topological polar surface area (TPSA) is 84.8 Å². The molecule has 3 aliphatic rings. The van der Waals surface area contributed by atoms with Gasteiger partial charge in [-0.2, -0.15) is 10.4 Å². The van der Waals surface area contributed by atoms with Gasteiger partial charge >= 0.3 is 0 Å². The number of likely N-dealkylation sites (N-methyl/N-ethyl adjacent to an activating group) is 1. The number of aryl methyl sites for hydroxylation is 1. The maximum Gasteiger partial charge on any atom is 0.211 e. The number of aromatic nitrogens is 2. The second-order valence-electron chi connectivity index (χ2n) is 8.37. The van der Waals surface area contributed by atoms with Crippen molar-refractivity contribution in [2.24, 2.45) is 5.92 Å². The fourth-order valence-electron chi connectivity index (χ4n) is 4.88. The van der Waals surface area contributed by atoms with Gasteiger partial charge in [0.05, 0.1) is 17.3 Å². The number of carbonyl (C=O) groups is 1. The van der Waals surface area contributed by atoms with Crippen LogP contribution in [0.1, 0.15) is 53.8 Å². The van der Waals surface area contributed by atoms with Gasteiger partial charge in [0.25, 0.3) is 0 Å². The molecular weight excluding hydrogens is 350 g/mol. The van der Waals surface area contributed by atoms with Crippen LogP contribution in [0.5, 0.6) is 0 Å². The van der Waals surface area contributed by atoms with E-state index in [1.54, 1.807) is 18.2 Å². The molecule has 2 fully saturated rings. The number of hydrogen-bond donors (Lipinski definition) is 2. The van der Waals surface area contributed by atoms with E-state index in [2.05, 4.69) is 27.5 Å². The molecule has 2 atom stereocenters. The van der Waals surface area contributed by atoms with Crippen molar-refractivity contribution in [3.8, 4) is 6.07 Å². The SMILES string of the molecule is CN1CCc2[nH]nc(C34CCCC3C4)c2C1.Cc1ccc(NC=O)cc1C#N. The first-order valence-electron chi connectivity index (χ1n) is 10.0. The first kappa shape index (κ1) is 18.7. The molecule has 1 amide bonds. The summed E-state index contributed by atoms with van der Waals surface area (Å²) in [6.45, 7) is 4.13. The fourth-order valence-corrected chi connectivity index (χ4v) is 4.88. The number of H-pyrrole nitrogens is 1. The van der Waals surface area contributed by atoms with Gasteiger partial charge in [-0.15, -0.1) is 0 Å². The zero-order valence-corrected chi connectivity index (χ0v) is 16.6. The molecule has 0 bridgehead atoms. The number of anilines is 1. The molecule has 2 unspecified atom stereocenters. The van der Waals surface area contributed by atoms with Crippen LogP contribution in [0.4, 0.5) is 5.69 Å². The van der Waals surface area contributed by atoms with Crippen molar-refractivity contribution in [3.63, 3.8) is 0 Å². The van der Waals surface area contributed by atoms with Gasteiger partial charge in [-0.05, 0) is 56.8 Å². The van der Waals surface area contributed by atoms with Gasteiger partial charge in [0.2, 0.25) is 6.41 Å². The highest BCUT2D eigenvalue weighted by atomic mass is 16.1. The molecule has 2 N–H and O–H groups in total. The molecule has 2 aliphatic carbocycles. The normalized spacial score (nSPS) is 25.0. The summed E-state index contributed by atoms with van der Waals surface area (Å²) in [4.78, 5) is 12.5. The maximum absolute atomic E-state index is 10.1. The minimum Gasteiger partial charge on any atom is -0.329 e. The Morgan fingerprint density at radius 2 is 2.32 bits per heavy atom. The molecule has 6 heteroatoms. The second kappa shape index (κ2) is 7.40. The summed E-state index contributed by atoms with van der Waals surface area (Å²) in [5.74, 6) is 0.965. The molecule has 28 heavy (non-hydrogen) atoms. The molecule has 2 aromatic rings. The first-order valence-corrected chi connectivity index (χ1v) is 10.0. The van der Waals surface area contributed by atoms with Crippen molar-refractivity contribution in [2.45, 2.75) is 51.0 Å². The van der Waals surface area contributed by atoms with Crippen molar-refractivity contribution in [1.82, 2.24) is 15.1 Å². The van der Waals surface area contributed by atoms with Crippen LogP contribution in [0.15, 0.2) is 18.2 Å². The Morgan fingerprint density at radius 1 is 1.46 bits per heavy atom. The predicted molar refractivity (Wildman–Crippen MR) is 108 cm³/mol. The zero-order chi connectivity index (χ0) is 19.7. The molecule has 1 aromatic carbocycles. The van der Waals surface area contributed by atoms with E-state index in [-0.39, 0.29) is 0 Å². The van der Waals surface area contributed by atoms with Crippen LogP contribution in [-0.2, 0) is 23.2 Å². The van der Waals surface area contributed by atoms with E-state index < -0.39 is 0 Å². The first-order chi connectivity index (χ1) is 13.6. The van der Waals surface area contributed by atoms with Crippen LogP contribution in [-0.4, -0.2) is 35.1 Å². The van der Waals surface area contributed by atoms with Gasteiger partial charge in [-0.25, -0.2) is 0 Å². The number of rotatable bonds is 3. The number of nitrogens with zero attached hydrogens (tertiary/aromatic N) is 3. The van der Waals surface area contributed by atoms with Crippen LogP contribution >= 0.6 is 0 Å². The van der Waals surface area contributed by atoms with Gasteiger partial charge in [-0.3, -0.25) is 9.89 Å². The molecule has 146 valence electrons. The molecule has 5 rings (SSSR count). The van der Waals surface area contributed by atoms with E-state index in [9.17, 15) is 4.79 Å². The summed E-state index contributed by atoms with van der Waals surface area (Å²) >= 11 is 0. The standard InChI is InChI=1S/C13H19N3.C9H8N2O/c1-16-6-4-11-10(8-16)12(15-14-11)13-5-2-3-9(13)7-13;1-7-2-3-9(11-6-12)4-8(7)5-10/h9H,2-8H2,1H3,(H,14,15);2-4,6H,1H3,(H,11,12). The van der Waals surface area contributed by atoms with Crippen molar-refractivity contribution >= 4 is 12.1 Å². The third kappa shape index (κ3) is 3.31. The van der Waals surface area contributed by atoms with E-state index in [1.165, 1.54) is 49.2 Å². The number of amides is 1. The lowest BCUT2D eigenvalue weighted by atomic mass is 9.93. The third-order valence-corrected chi connectivity index (χ3v) is 6.59. The molecular formula is C22H27N5O. The number of hydrogen-bond acceptors (Lipinski definition) is 4. The van der Waals surface area contributed by atoms with E-state index >= 15 is 0 Å². The molecule has 2 heterocycles. The van der Waals surface area contributed by atoms with Crippen molar-refractivity contribution in [1.29, 1.82) is 5.26 Å². The average molecular weight is 377 g/mol. The lowest BCUT2D eigenvalue weighted by molar-refractivity contribution is -0.105. The van der Waals surface area contributed by atoms with Crippen LogP contribution in [0.2, 0.25) is 0 Å². The number of carbonyl (C=O) groups excluding carboxylic acids is 1. The number of benzene rings is 1. The predicted octanol–water partition coefficient (Wildman–Crippen LogP) is 3.27. The third-order valence-electron chi connectivity index (χ3n) is 6.59. The highest BCUT2D eigenvalue weighted by Gasteiger charge is 2.60. The van der Waals surface area contributed by atoms with Crippen LogP contribution in [0.25, 0.3) is 0 Å². The molecule has 6 nitrogen and oxygen atoms in total. The summed E-state index contributed by atoms with van der Waals surface area (Å²) in [6.07, 6.45) is 7.40. The van der Waals surface area contributed by atoms with E-state index in [1.807, 2.05) is 13.0 Å². The van der Waals surface area contributed by atoms with Crippen LogP contribution in [0, 0.1) is 24.2 Å². The molecule has 0 radical (unpaired) electrons. The van der Waals surface area contributed by atoms with E-state index in [4.69, 9.17) is 5.26 Å². The quantitative estimate of drug-likeness (QED) is 0.804. The average Bonchev–Trinajstić information content (AvgIpc) is 3.03. The van der Waals surface area contributed by atoms with Gasteiger partial charge < -0.3 is 10.2 Å². The fraction of sp³-hybridized carbons (Fsp3) is 0.500. The molecule has 1 aliphatic heterocycles. The Hall–Kier alpha value is -2.65. The van der Waals surface area contributed by atoms with E-state index in [0.717, 1.165) is 24.4 Å². The number of aromatic amines is 1. The number of nitrogens with one attached hydrogen (secondary N) is 2. The lowest BCUT2D eigenvalue weighted by Crippen LogP contribution is -2.27. The highest BCUT2D eigenvalue weighted by Crippen LogP contribution is 2.64. The van der Waals surface area contributed by atoms with Crippen molar-refractivity contribution < 1.29 is 4.79 Å². The Labute approximate surface area is 165 Å². The van der Waals surface area contributed by atoms with Crippen LogP contribution < -0.4 is 5.32 Å². The number of nitriles is 1. The molecule has 2 saturated carbocycles. The molecule has 0 spiro atoms. The summed E-state index contributed by atoms with van der Waals surface area (Å²) in [6, 6.07) is 7.23. The Bertz CT molecular complexity index is 927. The summed E-state index contributed by atoms with van der Waals surface area (Å²) < 4.78 is 0. The number of fused-ring (bicyclic) bond motifs is 2. The van der Waals surface area contributed by atoms with Gasteiger partial charge in [0.1, 0.15) is 0 Å². The molecule has 0 saturated heterocycles. The minimum atomic E-state index is 0.516. The Morgan fingerprint density at radius 3 is 3.00 bits per heavy atom. The van der Waals surface area contributed by atoms with Crippen molar-refractivity contribution in [3.05, 3.63) is 46.3 Å². The molecule has 1 aromatic heterocycles. The Balaban J connectivity index is 0.000000145. The summed E-state index contributed by atoms with van der Waals surface area (Å²) in [5.41, 5.74) is 7.06. The van der Waals surface area contributed by atoms with Crippen LogP contribution in [0.3, 0.4) is 0 Å². The largest absolute Gasteiger partial charge is 0.329 e. The Kier molecular flexibility index (Phi) is 4.94. The van der Waals surface area contributed by atoms with Gasteiger partial charge in [0.15, 0.2) is 0 Å². The van der Waals surface area contributed by atoms with Gasteiger partial charge in [-0.1, -0.05) is 12.5 Å². The maximum atomic E-state index is 10.1. The second-order valence-corrected chi connectivity index (χ2v) is 8.37. The monoisotopic (exact) mass is 377 g/mol. The lowest BCUT2D eigenvalue weighted by Gasteiger charge is -2.23. The smallest absolute Gasteiger partial charge is 0.211 e. The summed E-state index contributed by atoms with van der Waals surface area (Å²) in [5, 5.41) is 19.1.